The Morgan fingerprint density at radius 1 is 1.23 bits per heavy atom. The number of carbonyl (C=O) groups is 2. The summed E-state index contributed by atoms with van der Waals surface area (Å²) in [5.41, 5.74) is 6.38. The molecule has 7 nitrogen and oxygen atoms in total. The second-order valence-electron chi connectivity index (χ2n) is 8.88. The quantitative estimate of drug-likeness (QED) is 0.795. The van der Waals surface area contributed by atoms with E-state index in [1.165, 1.54) is 18.2 Å². The largest absolute Gasteiger partial charge is 0.368 e. The molecule has 4 heterocycles. The van der Waals surface area contributed by atoms with Crippen molar-refractivity contribution in [3.05, 3.63) is 46.0 Å². The van der Waals surface area contributed by atoms with E-state index in [9.17, 15) is 18.8 Å². The number of likely N-dealkylation sites (tertiary alicyclic amines) is 1. The van der Waals surface area contributed by atoms with E-state index >= 15 is 0 Å². The highest BCUT2D eigenvalue weighted by Gasteiger charge is 2.51. The first-order valence-electron chi connectivity index (χ1n) is 10.6. The standard InChI is InChI=1S/C22H25FN4O3/c23-16-4-1-3-15-18(28)8-14(25-20(15)16)11-26-9-12-7-13(10-26)21(22(24)30)27-17(12)5-2-6-19(27)29/h1,3-4,8,12-13,17,21H,2,5-7,9-11H2,(H2,24,30)(H,25,28)/t12-,13+,17+,21-/m1/s1. The molecule has 2 amide bonds. The predicted molar refractivity (Wildman–Crippen MR) is 109 cm³/mol. The number of aromatic nitrogens is 1. The average Bonchev–Trinajstić information content (AvgIpc) is 2.69. The molecule has 3 aliphatic rings. The Bertz CT molecular complexity index is 1080. The Morgan fingerprint density at radius 3 is 2.83 bits per heavy atom. The van der Waals surface area contributed by atoms with Crippen molar-refractivity contribution in [2.24, 2.45) is 17.6 Å². The molecule has 0 saturated carbocycles. The molecular weight excluding hydrogens is 387 g/mol. The van der Waals surface area contributed by atoms with Gasteiger partial charge in [0.25, 0.3) is 0 Å². The molecule has 0 spiro atoms. The zero-order valence-corrected chi connectivity index (χ0v) is 16.6. The van der Waals surface area contributed by atoms with Crippen LogP contribution < -0.4 is 11.2 Å². The van der Waals surface area contributed by atoms with Crippen LogP contribution in [0.1, 0.15) is 31.4 Å². The second kappa shape index (κ2) is 7.19. The van der Waals surface area contributed by atoms with Crippen molar-refractivity contribution in [3.63, 3.8) is 0 Å². The summed E-state index contributed by atoms with van der Waals surface area (Å²) in [5, 5.41) is 0.333. The minimum absolute atomic E-state index is 0.0246. The maximum absolute atomic E-state index is 14.2. The number of piperidine rings is 3. The van der Waals surface area contributed by atoms with Gasteiger partial charge in [0.2, 0.25) is 11.8 Å². The van der Waals surface area contributed by atoms with Crippen LogP contribution in [-0.2, 0) is 16.1 Å². The van der Waals surface area contributed by atoms with Gasteiger partial charge in [-0.05, 0) is 37.3 Å². The number of hydrogen-bond donors (Lipinski definition) is 2. The van der Waals surface area contributed by atoms with E-state index in [1.807, 2.05) is 0 Å². The first-order valence-corrected chi connectivity index (χ1v) is 10.6. The molecule has 0 aliphatic carbocycles. The molecule has 30 heavy (non-hydrogen) atoms. The third-order valence-corrected chi connectivity index (χ3v) is 6.97. The fraction of sp³-hybridized carbons (Fsp3) is 0.500. The Kier molecular flexibility index (Phi) is 4.61. The van der Waals surface area contributed by atoms with E-state index in [-0.39, 0.29) is 34.7 Å². The van der Waals surface area contributed by atoms with Gasteiger partial charge in [-0.25, -0.2) is 4.39 Å². The van der Waals surface area contributed by atoms with Crippen LogP contribution in [0.5, 0.6) is 0 Å². The summed E-state index contributed by atoms with van der Waals surface area (Å²) in [5.74, 6) is -0.614. The van der Waals surface area contributed by atoms with Crippen LogP contribution >= 0.6 is 0 Å². The van der Waals surface area contributed by atoms with E-state index in [2.05, 4.69) is 9.88 Å². The van der Waals surface area contributed by atoms with Gasteiger partial charge >= 0.3 is 0 Å². The number of nitrogens with zero attached hydrogens (tertiary/aromatic N) is 2. The topological polar surface area (TPSA) is 99.5 Å². The smallest absolute Gasteiger partial charge is 0.240 e. The highest BCUT2D eigenvalue weighted by Crippen LogP contribution is 2.41. The lowest BCUT2D eigenvalue weighted by Crippen LogP contribution is -2.67. The number of rotatable bonds is 3. The molecule has 4 atom stereocenters. The van der Waals surface area contributed by atoms with E-state index < -0.39 is 17.8 Å². The SMILES string of the molecule is NC(=O)[C@H]1[C@H]2C[C@H](CN(Cc3cc(=O)c4cccc(F)c4[nH]3)C2)[C@@H]2CCCC(=O)N21. The molecule has 3 N–H and O–H groups in total. The van der Waals surface area contributed by atoms with Crippen LogP contribution in [0, 0.1) is 17.7 Å². The number of pyridine rings is 1. The molecular formula is C22H25FN4O3. The number of aromatic amines is 1. The molecule has 0 unspecified atom stereocenters. The summed E-state index contributed by atoms with van der Waals surface area (Å²) >= 11 is 0. The Balaban J connectivity index is 1.44. The summed E-state index contributed by atoms with van der Waals surface area (Å²) in [6, 6.07) is 5.46. The molecule has 2 bridgehead atoms. The number of nitrogens with two attached hydrogens (primary N) is 1. The van der Waals surface area contributed by atoms with Crippen molar-refractivity contribution in [3.8, 4) is 0 Å². The number of hydrogen-bond acceptors (Lipinski definition) is 4. The first-order chi connectivity index (χ1) is 14.4. The molecule has 3 aliphatic heterocycles. The molecule has 158 valence electrons. The number of fused-ring (bicyclic) bond motifs is 5. The normalized spacial score (nSPS) is 29.1. The van der Waals surface area contributed by atoms with Gasteiger partial charge in [0.15, 0.2) is 5.43 Å². The second-order valence-corrected chi connectivity index (χ2v) is 8.88. The molecule has 0 radical (unpaired) electrons. The average molecular weight is 412 g/mol. The molecule has 1 aromatic heterocycles. The van der Waals surface area contributed by atoms with E-state index in [4.69, 9.17) is 5.73 Å². The first kappa shape index (κ1) is 19.2. The van der Waals surface area contributed by atoms with Crippen LogP contribution in [0.15, 0.2) is 29.1 Å². The van der Waals surface area contributed by atoms with Crippen molar-refractivity contribution >= 4 is 22.7 Å². The number of H-pyrrole nitrogens is 1. The van der Waals surface area contributed by atoms with Gasteiger partial charge in [-0.1, -0.05) is 6.07 Å². The number of primary amides is 1. The maximum atomic E-state index is 14.2. The summed E-state index contributed by atoms with van der Waals surface area (Å²) in [6.07, 6.45) is 3.08. The monoisotopic (exact) mass is 412 g/mol. The minimum atomic E-state index is -0.574. The lowest BCUT2D eigenvalue weighted by atomic mass is 9.72. The van der Waals surface area contributed by atoms with Crippen molar-refractivity contribution in [2.75, 3.05) is 13.1 Å². The van der Waals surface area contributed by atoms with Crippen LogP contribution in [0.4, 0.5) is 4.39 Å². The summed E-state index contributed by atoms with van der Waals surface area (Å²) in [7, 11) is 0. The lowest BCUT2D eigenvalue weighted by molar-refractivity contribution is -0.159. The van der Waals surface area contributed by atoms with Gasteiger partial charge in [0.05, 0.1) is 5.52 Å². The van der Waals surface area contributed by atoms with Crippen LogP contribution in [0.25, 0.3) is 10.9 Å². The molecule has 2 aromatic rings. The highest BCUT2D eigenvalue weighted by molar-refractivity contribution is 5.88. The van der Waals surface area contributed by atoms with Gasteiger partial charge in [-0.2, -0.15) is 0 Å². The van der Waals surface area contributed by atoms with Crippen molar-refractivity contribution in [2.45, 2.75) is 44.3 Å². The third kappa shape index (κ3) is 3.10. The van der Waals surface area contributed by atoms with Crippen LogP contribution in [0.3, 0.4) is 0 Å². The van der Waals surface area contributed by atoms with Gasteiger partial charge < -0.3 is 15.6 Å². The van der Waals surface area contributed by atoms with Gasteiger partial charge in [-0.15, -0.1) is 0 Å². The molecule has 3 saturated heterocycles. The van der Waals surface area contributed by atoms with E-state index in [1.54, 1.807) is 11.0 Å². The zero-order valence-electron chi connectivity index (χ0n) is 16.6. The number of halogens is 1. The number of benzene rings is 1. The Morgan fingerprint density at radius 2 is 2.03 bits per heavy atom. The molecule has 3 fully saturated rings. The fourth-order valence-corrected chi connectivity index (χ4v) is 5.86. The number of carbonyl (C=O) groups excluding carboxylic acids is 2. The van der Waals surface area contributed by atoms with Crippen molar-refractivity contribution in [1.82, 2.24) is 14.8 Å². The van der Waals surface area contributed by atoms with Gasteiger partial charge in [0.1, 0.15) is 11.9 Å². The predicted octanol–water partition coefficient (Wildman–Crippen LogP) is 1.35. The third-order valence-electron chi connectivity index (χ3n) is 6.97. The van der Waals surface area contributed by atoms with E-state index in [0.717, 1.165) is 25.8 Å². The fourth-order valence-electron chi connectivity index (χ4n) is 5.86. The van der Waals surface area contributed by atoms with Gasteiger partial charge in [-0.3, -0.25) is 19.3 Å². The summed E-state index contributed by atoms with van der Waals surface area (Å²) < 4.78 is 14.2. The highest BCUT2D eigenvalue weighted by atomic mass is 19.1. The lowest BCUT2D eigenvalue weighted by Gasteiger charge is -2.55. The summed E-state index contributed by atoms with van der Waals surface area (Å²) in [6.45, 7) is 1.84. The number of para-hydroxylation sites is 1. The molecule has 1 aromatic carbocycles. The minimum Gasteiger partial charge on any atom is -0.368 e. The Hall–Kier alpha value is -2.74. The molecule has 5 rings (SSSR count). The molecule has 8 heteroatoms. The van der Waals surface area contributed by atoms with E-state index in [0.29, 0.717) is 30.6 Å². The van der Waals surface area contributed by atoms with Gasteiger partial charge in [0, 0.05) is 55.2 Å². The van der Waals surface area contributed by atoms with Crippen molar-refractivity contribution < 1.29 is 14.0 Å². The van der Waals surface area contributed by atoms with Crippen LogP contribution in [-0.4, -0.2) is 51.8 Å². The summed E-state index contributed by atoms with van der Waals surface area (Å²) in [4.78, 5) is 44.3. The Labute approximate surface area is 173 Å². The maximum Gasteiger partial charge on any atom is 0.240 e. The number of amides is 2. The van der Waals surface area contributed by atoms with Crippen molar-refractivity contribution in [1.29, 1.82) is 0 Å². The van der Waals surface area contributed by atoms with Crippen LogP contribution in [0.2, 0.25) is 0 Å². The zero-order chi connectivity index (χ0) is 21.0. The number of nitrogens with one attached hydrogen (secondary N) is 1.